The van der Waals surface area contributed by atoms with Crippen LogP contribution in [-0.4, -0.2) is 24.0 Å². The second-order valence-corrected chi connectivity index (χ2v) is 4.86. The van der Waals surface area contributed by atoms with Crippen LogP contribution in [0.3, 0.4) is 0 Å². The molecule has 1 aliphatic heterocycles. The second-order valence-electron chi connectivity index (χ2n) is 4.86. The van der Waals surface area contributed by atoms with Gasteiger partial charge >= 0.3 is 6.18 Å². The van der Waals surface area contributed by atoms with E-state index < -0.39 is 11.7 Å². The van der Waals surface area contributed by atoms with Crippen LogP contribution in [0, 0.1) is 11.3 Å². The highest BCUT2D eigenvalue weighted by molar-refractivity contribution is 5.85. The largest absolute Gasteiger partial charge is 0.416 e. The van der Waals surface area contributed by atoms with Crippen molar-refractivity contribution >= 4 is 18.0 Å². The molecule has 1 aromatic rings. The molecule has 0 amide bonds. The number of hydrogen-bond acceptors (Lipinski definition) is 2. The Labute approximate surface area is 128 Å². The van der Waals surface area contributed by atoms with Crippen LogP contribution in [0.2, 0.25) is 0 Å². The summed E-state index contributed by atoms with van der Waals surface area (Å²) < 4.78 is 38.1. The van der Waals surface area contributed by atoms with Crippen LogP contribution < -0.4 is 0 Å². The third-order valence-corrected chi connectivity index (χ3v) is 3.54. The van der Waals surface area contributed by atoms with Crippen LogP contribution in [-0.2, 0) is 6.18 Å². The van der Waals surface area contributed by atoms with Gasteiger partial charge in [-0.15, -0.1) is 12.4 Å². The van der Waals surface area contributed by atoms with Crippen LogP contribution in [0.15, 0.2) is 30.3 Å². The number of halogens is 4. The highest BCUT2D eigenvalue weighted by Gasteiger charge is 2.30. The summed E-state index contributed by atoms with van der Waals surface area (Å²) in [5.41, 5.74) is 0.908. The minimum Gasteiger partial charge on any atom is -0.284 e. The molecule has 1 atom stereocenters. The Balaban J connectivity index is 0.00000220. The van der Waals surface area contributed by atoms with Crippen molar-refractivity contribution in [2.24, 2.45) is 0 Å². The lowest BCUT2D eigenvalue weighted by atomic mass is 9.97. The summed E-state index contributed by atoms with van der Waals surface area (Å²) in [6.45, 7) is 3.11. The van der Waals surface area contributed by atoms with Crippen LogP contribution in [0.25, 0.3) is 5.57 Å². The van der Waals surface area contributed by atoms with Crippen LogP contribution in [0.5, 0.6) is 0 Å². The Morgan fingerprint density at radius 1 is 1.33 bits per heavy atom. The quantitative estimate of drug-likeness (QED) is 0.820. The molecule has 0 aliphatic carbocycles. The van der Waals surface area contributed by atoms with Gasteiger partial charge in [0.15, 0.2) is 0 Å². The number of nitriles is 1. The summed E-state index contributed by atoms with van der Waals surface area (Å²) >= 11 is 0. The summed E-state index contributed by atoms with van der Waals surface area (Å²) in [4.78, 5) is 2.00. The molecule has 0 spiro atoms. The van der Waals surface area contributed by atoms with Crippen molar-refractivity contribution in [3.63, 3.8) is 0 Å². The van der Waals surface area contributed by atoms with Gasteiger partial charge in [0.1, 0.15) is 0 Å². The van der Waals surface area contributed by atoms with Gasteiger partial charge in [0.2, 0.25) is 0 Å². The summed E-state index contributed by atoms with van der Waals surface area (Å²) in [6.07, 6.45) is -1.74. The van der Waals surface area contributed by atoms with E-state index in [4.69, 9.17) is 5.26 Å². The second kappa shape index (κ2) is 6.97. The van der Waals surface area contributed by atoms with E-state index in [-0.39, 0.29) is 18.4 Å². The van der Waals surface area contributed by atoms with Gasteiger partial charge in [0.05, 0.1) is 17.7 Å². The van der Waals surface area contributed by atoms with Crippen molar-refractivity contribution in [2.45, 2.75) is 25.6 Å². The zero-order chi connectivity index (χ0) is 14.8. The van der Waals surface area contributed by atoms with Crippen LogP contribution in [0.1, 0.15) is 24.5 Å². The van der Waals surface area contributed by atoms with E-state index in [0.717, 1.165) is 11.6 Å². The minimum atomic E-state index is -4.31. The Morgan fingerprint density at radius 3 is 2.57 bits per heavy atom. The van der Waals surface area contributed by atoms with Gasteiger partial charge in [0.25, 0.3) is 0 Å². The SMILES string of the molecule is CC(C#N)N1CC=C(c2cccc(C(F)(F)F)c2)CC1.Cl. The highest BCUT2D eigenvalue weighted by atomic mass is 35.5. The molecule has 1 unspecified atom stereocenters. The van der Waals surface area contributed by atoms with Crippen molar-refractivity contribution in [2.75, 3.05) is 13.1 Å². The molecule has 0 radical (unpaired) electrons. The average molecular weight is 317 g/mol. The number of rotatable bonds is 2. The third kappa shape index (κ3) is 4.23. The summed E-state index contributed by atoms with van der Waals surface area (Å²) in [5, 5.41) is 8.86. The minimum absolute atomic E-state index is 0. The van der Waals surface area contributed by atoms with Gasteiger partial charge in [-0.1, -0.05) is 18.2 Å². The standard InChI is InChI=1S/C15H15F3N2.ClH/c1-11(10-19)20-7-5-12(6-8-20)13-3-2-4-14(9-13)15(16,17)18;/h2-5,9,11H,6-8H2,1H3;1H. The molecule has 114 valence electrons. The fourth-order valence-electron chi connectivity index (χ4n) is 2.28. The van der Waals surface area contributed by atoms with E-state index in [2.05, 4.69) is 6.07 Å². The molecule has 0 fully saturated rings. The molecule has 0 aromatic heterocycles. The van der Waals surface area contributed by atoms with Crippen molar-refractivity contribution in [3.8, 4) is 6.07 Å². The van der Waals surface area contributed by atoms with Crippen molar-refractivity contribution in [1.29, 1.82) is 5.26 Å². The predicted molar refractivity (Wildman–Crippen MR) is 77.9 cm³/mol. The molecule has 2 nitrogen and oxygen atoms in total. The predicted octanol–water partition coefficient (Wildman–Crippen LogP) is 4.13. The molecule has 2 rings (SSSR count). The van der Waals surface area contributed by atoms with E-state index in [9.17, 15) is 13.2 Å². The summed E-state index contributed by atoms with van der Waals surface area (Å²) in [7, 11) is 0. The monoisotopic (exact) mass is 316 g/mol. The highest BCUT2D eigenvalue weighted by Crippen LogP contribution is 2.32. The Bertz CT molecular complexity index is 561. The Hall–Kier alpha value is -1.51. The first-order valence-corrected chi connectivity index (χ1v) is 6.42. The first-order valence-electron chi connectivity index (χ1n) is 6.42. The fraction of sp³-hybridized carbons (Fsp3) is 0.400. The summed E-state index contributed by atoms with van der Waals surface area (Å²) in [5.74, 6) is 0. The molecule has 21 heavy (non-hydrogen) atoms. The molecule has 6 heteroatoms. The lowest BCUT2D eigenvalue weighted by Crippen LogP contribution is -2.35. The number of hydrogen-bond donors (Lipinski definition) is 0. The smallest absolute Gasteiger partial charge is 0.284 e. The zero-order valence-electron chi connectivity index (χ0n) is 11.5. The van der Waals surface area contributed by atoms with Crippen molar-refractivity contribution in [3.05, 3.63) is 41.5 Å². The van der Waals surface area contributed by atoms with E-state index in [1.807, 2.05) is 17.9 Å². The first-order chi connectivity index (χ1) is 9.41. The Morgan fingerprint density at radius 2 is 2.05 bits per heavy atom. The van der Waals surface area contributed by atoms with Gasteiger partial charge in [0, 0.05) is 13.1 Å². The van der Waals surface area contributed by atoms with Gasteiger partial charge in [-0.25, -0.2) is 0 Å². The maximum atomic E-state index is 12.7. The van der Waals surface area contributed by atoms with E-state index >= 15 is 0 Å². The van der Waals surface area contributed by atoms with Gasteiger partial charge in [-0.3, -0.25) is 4.90 Å². The molecule has 0 N–H and O–H groups in total. The molecule has 1 aromatic carbocycles. The van der Waals surface area contributed by atoms with E-state index in [1.165, 1.54) is 12.1 Å². The normalized spacial score (nSPS) is 17.4. The van der Waals surface area contributed by atoms with Gasteiger partial charge < -0.3 is 0 Å². The van der Waals surface area contributed by atoms with Crippen LogP contribution in [0.4, 0.5) is 13.2 Å². The molecule has 0 bridgehead atoms. The lowest BCUT2D eigenvalue weighted by molar-refractivity contribution is -0.137. The topological polar surface area (TPSA) is 27.0 Å². The molecule has 1 heterocycles. The molecular formula is C15H16ClF3N2. The van der Waals surface area contributed by atoms with Crippen molar-refractivity contribution < 1.29 is 13.2 Å². The number of nitrogens with zero attached hydrogens (tertiary/aromatic N) is 2. The molecule has 0 saturated heterocycles. The van der Waals surface area contributed by atoms with Gasteiger partial charge in [-0.05, 0) is 36.6 Å². The van der Waals surface area contributed by atoms with E-state index in [1.54, 1.807) is 6.07 Å². The average Bonchev–Trinajstić information content (AvgIpc) is 2.46. The summed E-state index contributed by atoms with van der Waals surface area (Å²) in [6, 6.07) is 7.40. The molecule has 1 aliphatic rings. The van der Waals surface area contributed by atoms with Crippen molar-refractivity contribution in [1.82, 2.24) is 4.90 Å². The van der Waals surface area contributed by atoms with Crippen LogP contribution >= 0.6 is 12.4 Å². The third-order valence-electron chi connectivity index (χ3n) is 3.54. The molecular weight excluding hydrogens is 301 g/mol. The van der Waals surface area contributed by atoms with E-state index in [0.29, 0.717) is 25.1 Å². The zero-order valence-corrected chi connectivity index (χ0v) is 12.3. The maximum absolute atomic E-state index is 12.7. The number of benzene rings is 1. The number of alkyl halides is 3. The Kier molecular flexibility index (Phi) is 5.82. The maximum Gasteiger partial charge on any atom is 0.416 e. The first kappa shape index (κ1) is 17.5. The van der Waals surface area contributed by atoms with Gasteiger partial charge in [-0.2, -0.15) is 18.4 Å². The fourth-order valence-corrected chi connectivity index (χ4v) is 2.28. The lowest BCUT2D eigenvalue weighted by Gasteiger charge is -2.28. The molecule has 0 saturated carbocycles.